The van der Waals surface area contributed by atoms with Crippen LogP contribution in [0.2, 0.25) is 0 Å². The molecule has 0 bridgehead atoms. The lowest BCUT2D eigenvalue weighted by Crippen LogP contribution is -2.19. The molecule has 0 aliphatic heterocycles. The van der Waals surface area contributed by atoms with Gasteiger partial charge in [-0.1, -0.05) is 34.5 Å². The number of ether oxygens (including phenoxy) is 1. The summed E-state index contributed by atoms with van der Waals surface area (Å²) >= 11 is 3.43. The number of imidazole rings is 1. The van der Waals surface area contributed by atoms with E-state index in [4.69, 9.17) is 4.74 Å². The fraction of sp³-hybridized carbons (Fsp3) is 0.375. The molecule has 0 radical (unpaired) electrons. The molecule has 2 aromatic rings. The molecule has 4 nitrogen and oxygen atoms in total. The Morgan fingerprint density at radius 3 is 2.81 bits per heavy atom. The van der Waals surface area contributed by atoms with Crippen molar-refractivity contribution in [1.82, 2.24) is 9.97 Å². The van der Waals surface area contributed by atoms with Crippen molar-refractivity contribution >= 4 is 21.9 Å². The number of benzene rings is 1. The zero-order valence-electron chi connectivity index (χ0n) is 11.8. The molecular formula is C16H17BrN2O2. The van der Waals surface area contributed by atoms with Crippen LogP contribution in [0.5, 0.6) is 0 Å². The van der Waals surface area contributed by atoms with Gasteiger partial charge in [0.25, 0.3) is 0 Å². The molecule has 0 amide bonds. The minimum atomic E-state index is -0.126. The maximum Gasteiger partial charge on any atom is 0.309 e. The summed E-state index contributed by atoms with van der Waals surface area (Å²) < 4.78 is 5.95. The van der Waals surface area contributed by atoms with Crippen LogP contribution in [0.3, 0.4) is 0 Å². The first-order chi connectivity index (χ1) is 10.2. The van der Waals surface area contributed by atoms with E-state index in [2.05, 4.69) is 25.9 Å². The van der Waals surface area contributed by atoms with E-state index in [0.29, 0.717) is 0 Å². The van der Waals surface area contributed by atoms with Crippen LogP contribution in [0.15, 0.2) is 34.9 Å². The summed E-state index contributed by atoms with van der Waals surface area (Å²) in [4.78, 5) is 19.7. The van der Waals surface area contributed by atoms with Gasteiger partial charge in [-0.15, -0.1) is 0 Å². The SMILES string of the molecule is COC(=O)[C@@H]1CCC[C@H]1c1ncc(-c2ccc(Br)cc2)[nH]1. The standard InChI is InChI=1S/C16H17BrN2O2/c1-21-16(20)13-4-2-3-12(13)15-18-9-14(19-15)10-5-7-11(17)8-6-10/h5-9,12-13H,2-4H2,1H3,(H,18,19)/t12-,13-/m1/s1. The molecule has 1 N–H and O–H groups in total. The topological polar surface area (TPSA) is 55.0 Å². The molecule has 2 atom stereocenters. The average molecular weight is 349 g/mol. The molecule has 1 heterocycles. The van der Waals surface area contributed by atoms with Crippen LogP contribution in [0.1, 0.15) is 31.0 Å². The van der Waals surface area contributed by atoms with Gasteiger partial charge in [-0.3, -0.25) is 4.79 Å². The van der Waals surface area contributed by atoms with Gasteiger partial charge >= 0.3 is 5.97 Å². The van der Waals surface area contributed by atoms with Gasteiger partial charge in [-0.05, 0) is 30.5 Å². The van der Waals surface area contributed by atoms with Crippen molar-refractivity contribution in [3.63, 3.8) is 0 Å². The van der Waals surface area contributed by atoms with Gasteiger partial charge in [0.2, 0.25) is 0 Å². The van der Waals surface area contributed by atoms with Gasteiger partial charge < -0.3 is 9.72 Å². The Bertz CT molecular complexity index is 636. The summed E-state index contributed by atoms with van der Waals surface area (Å²) in [7, 11) is 1.45. The summed E-state index contributed by atoms with van der Waals surface area (Å²) in [6, 6.07) is 8.08. The monoisotopic (exact) mass is 348 g/mol. The molecular weight excluding hydrogens is 332 g/mol. The molecule has 1 aromatic carbocycles. The summed E-state index contributed by atoms with van der Waals surface area (Å²) in [5, 5.41) is 0. The highest BCUT2D eigenvalue weighted by Crippen LogP contribution is 2.39. The number of esters is 1. The van der Waals surface area contributed by atoms with Gasteiger partial charge in [-0.2, -0.15) is 0 Å². The van der Waals surface area contributed by atoms with E-state index in [1.807, 2.05) is 30.5 Å². The molecule has 0 saturated heterocycles. The number of nitrogens with one attached hydrogen (secondary N) is 1. The highest BCUT2D eigenvalue weighted by atomic mass is 79.9. The molecule has 1 saturated carbocycles. The van der Waals surface area contributed by atoms with Crippen molar-refractivity contribution in [3.05, 3.63) is 40.8 Å². The van der Waals surface area contributed by atoms with E-state index >= 15 is 0 Å². The van der Waals surface area contributed by atoms with Crippen LogP contribution >= 0.6 is 15.9 Å². The molecule has 110 valence electrons. The predicted octanol–water partition coefficient (Wildman–Crippen LogP) is 3.90. The minimum absolute atomic E-state index is 0.0704. The Kier molecular flexibility index (Phi) is 4.10. The number of rotatable bonds is 3. The van der Waals surface area contributed by atoms with Crippen LogP contribution in [0.25, 0.3) is 11.3 Å². The lowest BCUT2D eigenvalue weighted by Gasteiger charge is -2.14. The van der Waals surface area contributed by atoms with Crippen LogP contribution in [0.4, 0.5) is 0 Å². The summed E-state index contributed by atoms with van der Waals surface area (Å²) in [6.07, 6.45) is 4.74. The Labute approximate surface area is 132 Å². The van der Waals surface area contributed by atoms with E-state index in [9.17, 15) is 4.79 Å². The smallest absolute Gasteiger partial charge is 0.309 e. The largest absolute Gasteiger partial charge is 0.469 e. The molecule has 5 heteroatoms. The lowest BCUT2D eigenvalue weighted by molar-refractivity contribution is -0.145. The predicted molar refractivity (Wildman–Crippen MR) is 83.8 cm³/mol. The van der Waals surface area contributed by atoms with Crippen LogP contribution < -0.4 is 0 Å². The van der Waals surface area contributed by atoms with Crippen LogP contribution in [-0.2, 0) is 9.53 Å². The number of halogens is 1. The first-order valence-electron chi connectivity index (χ1n) is 7.07. The summed E-state index contributed by atoms with van der Waals surface area (Å²) in [6.45, 7) is 0. The Morgan fingerprint density at radius 1 is 1.33 bits per heavy atom. The third kappa shape index (κ3) is 2.88. The van der Waals surface area contributed by atoms with Crippen molar-refractivity contribution in [2.24, 2.45) is 5.92 Å². The number of aromatic amines is 1. The van der Waals surface area contributed by atoms with Crippen LogP contribution in [0, 0.1) is 5.92 Å². The third-order valence-corrected chi connectivity index (χ3v) is 4.65. The highest BCUT2D eigenvalue weighted by Gasteiger charge is 2.36. The number of nitrogens with zero attached hydrogens (tertiary/aromatic N) is 1. The molecule has 1 aromatic heterocycles. The molecule has 0 spiro atoms. The second-order valence-electron chi connectivity index (χ2n) is 5.36. The fourth-order valence-corrected chi connectivity index (χ4v) is 3.29. The summed E-state index contributed by atoms with van der Waals surface area (Å²) in [5.41, 5.74) is 2.07. The van der Waals surface area contributed by atoms with E-state index in [-0.39, 0.29) is 17.8 Å². The second kappa shape index (κ2) is 6.02. The molecule has 3 rings (SSSR count). The summed E-state index contributed by atoms with van der Waals surface area (Å²) in [5.74, 6) is 0.834. The first-order valence-corrected chi connectivity index (χ1v) is 7.87. The maximum absolute atomic E-state index is 11.8. The van der Waals surface area contributed by atoms with Crippen molar-refractivity contribution in [3.8, 4) is 11.3 Å². The number of methoxy groups -OCH3 is 1. The van der Waals surface area contributed by atoms with E-state index in [1.54, 1.807) is 0 Å². The van der Waals surface area contributed by atoms with E-state index < -0.39 is 0 Å². The molecule has 0 unspecified atom stereocenters. The fourth-order valence-electron chi connectivity index (χ4n) is 3.02. The number of hydrogen-bond acceptors (Lipinski definition) is 3. The Morgan fingerprint density at radius 2 is 2.10 bits per heavy atom. The van der Waals surface area contributed by atoms with Gasteiger partial charge in [0.15, 0.2) is 0 Å². The minimum Gasteiger partial charge on any atom is -0.469 e. The zero-order valence-corrected chi connectivity index (χ0v) is 13.4. The third-order valence-electron chi connectivity index (χ3n) is 4.12. The zero-order chi connectivity index (χ0) is 14.8. The first kappa shape index (κ1) is 14.3. The van der Waals surface area contributed by atoms with Crippen molar-refractivity contribution in [2.45, 2.75) is 25.2 Å². The molecule has 1 aliphatic carbocycles. The Balaban J connectivity index is 1.84. The number of H-pyrrole nitrogens is 1. The van der Waals surface area contributed by atoms with Gasteiger partial charge in [-0.25, -0.2) is 4.98 Å². The average Bonchev–Trinajstić information content (AvgIpc) is 3.15. The molecule has 1 aliphatic rings. The number of aromatic nitrogens is 2. The number of carbonyl (C=O) groups excluding carboxylic acids is 1. The second-order valence-corrected chi connectivity index (χ2v) is 6.27. The van der Waals surface area contributed by atoms with Gasteiger partial charge in [0.1, 0.15) is 5.82 Å². The van der Waals surface area contributed by atoms with E-state index in [0.717, 1.165) is 40.8 Å². The molecule has 21 heavy (non-hydrogen) atoms. The van der Waals surface area contributed by atoms with Crippen molar-refractivity contribution in [1.29, 1.82) is 0 Å². The van der Waals surface area contributed by atoms with Crippen molar-refractivity contribution < 1.29 is 9.53 Å². The lowest BCUT2D eigenvalue weighted by atomic mass is 9.95. The maximum atomic E-state index is 11.8. The van der Waals surface area contributed by atoms with Gasteiger partial charge in [0, 0.05) is 10.4 Å². The molecule has 1 fully saturated rings. The van der Waals surface area contributed by atoms with E-state index in [1.165, 1.54) is 7.11 Å². The quantitative estimate of drug-likeness (QED) is 0.856. The Hall–Kier alpha value is -1.62. The highest BCUT2D eigenvalue weighted by molar-refractivity contribution is 9.10. The normalized spacial score (nSPS) is 21.4. The van der Waals surface area contributed by atoms with Gasteiger partial charge in [0.05, 0.1) is 24.9 Å². The number of carbonyl (C=O) groups is 1. The van der Waals surface area contributed by atoms with Crippen LogP contribution in [-0.4, -0.2) is 23.0 Å². The van der Waals surface area contributed by atoms with Crippen molar-refractivity contribution in [2.75, 3.05) is 7.11 Å². The number of hydrogen-bond donors (Lipinski definition) is 1.